The minimum Gasteiger partial charge on any atom is -0.208 e. The van der Waals surface area contributed by atoms with Crippen LogP contribution in [-0.4, -0.2) is 15.0 Å². The molecule has 10 rings (SSSR count). The Morgan fingerprint density at radius 1 is 0.222 bits per heavy atom. The summed E-state index contributed by atoms with van der Waals surface area (Å²) in [5, 5.41) is 7.10. The third kappa shape index (κ3) is 5.69. The highest BCUT2D eigenvalue weighted by atomic mass is 15.0. The van der Waals surface area contributed by atoms with E-state index in [9.17, 15) is 0 Å². The van der Waals surface area contributed by atoms with Crippen LogP contribution in [0.5, 0.6) is 0 Å². The van der Waals surface area contributed by atoms with E-state index < -0.39 is 0 Å². The molecule has 3 nitrogen and oxygen atoms in total. The highest BCUT2D eigenvalue weighted by Gasteiger charge is 2.18. The normalized spacial score (nSPS) is 11.3. The molecule has 0 atom stereocenters. The molecule has 0 unspecified atom stereocenters. The maximum Gasteiger partial charge on any atom is 0.164 e. The van der Waals surface area contributed by atoms with Crippen LogP contribution in [0.2, 0.25) is 0 Å². The topological polar surface area (TPSA) is 38.7 Å². The van der Waals surface area contributed by atoms with E-state index in [1.807, 2.05) is 18.2 Å². The molecule has 252 valence electrons. The Labute approximate surface area is 313 Å². The number of hydrogen-bond acceptors (Lipinski definition) is 3. The third-order valence-corrected chi connectivity index (χ3v) is 10.3. The molecular formula is C51H33N3. The summed E-state index contributed by atoms with van der Waals surface area (Å²) in [4.78, 5) is 15.5. The Morgan fingerprint density at radius 2 is 0.704 bits per heavy atom. The van der Waals surface area contributed by atoms with Crippen molar-refractivity contribution in [1.29, 1.82) is 0 Å². The van der Waals surface area contributed by atoms with Crippen molar-refractivity contribution in [3.05, 3.63) is 200 Å². The molecule has 0 saturated heterocycles. The number of nitrogens with zero attached hydrogens (tertiary/aromatic N) is 3. The molecule has 0 N–H and O–H groups in total. The first-order valence-corrected chi connectivity index (χ1v) is 18.3. The Kier molecular flexibility index (Phi) is 7.81. The van der Waals surface area contributed by atoms with Crippen LogP contribution in [0.1, 0.15) is 0 Å². The number of hydrogen-bond donors (Lipinski definition) is 0. The van der Waals surface area contributed by atoms with Crippen LogP contribution in [-0.2, 0) is 0 Å². The maximum absolute atomic E-state index is 5.24. The van der Waals surface area contributed by atoms with Gasteiger partial charge in [-0.15, -0.1) is 0 Å². The third-order valence-electron chi connectivity index (χ3n) is 10.3. The molecule has 0 amide bonds. The van der Waals surface area contributed by atoms with Gasteiger partial charge in [0.25, 0.3) is 0 Å². The fourth-order valence-corrected chi connectivity index (χ4v) is 7.70. The molecule has 0 aliphatic carbocycles. The number of rotatable bonds is 6. The van der Waals surface area contributed by atoms with E-state index in [0.29, 0.717) is 17.5 Å². The first kappa shape index (κ1) is 31.5. The van der Waals surface area contributed by atoms with Crippen LogP contribution in [0, 0.1) is 0 Å². The molecule has 54 heavy (non-hydrogen) atoms. The van der Waals surface area contributed by atoms with Gasteiger partial charge in [-0.2, -0.15) is 0 Å². The lowest BCUT2D eigenvalue weighted by Crippen LogP contribution is -2.01. The average molecular weight is 688 g/mol. The Hall–Kier alpha value is -7.23. The van der Waals surface area contributed by atoms with Crippen LogP contribution in [0.3, 0.4) is 0 Å². The van der Waals surface area contributed by atoms with Crippen molar-refractivity contribution in [3.8, 4) is 67.5 Å². The van der Waals surface area contributed by atoms with Crippen molar-refractivity contribution in [2.45, 2.75) is 0 Å². The SMILES string of the molecule is c1ccc(-c2cc(-c3cccc(-c4nc(-c5ccccc5)nc(-c5ccc(-c6cccc7ccccc67)c6ccccc56)n4)c3)c3ccccc3c2)cc1. The van der Waals surface area contributed by atoms with Gasteiger partial charge in [-0.1, -0.05) is 176 Å². The predicted octanol–water partition coefficient (Wildman–Crippen LogP) is 13.3. The van der Waals surface area contributed by atoms with Gasteiger partial charge in [0.15, 0.2) is 17.5 Å². The molecule has 10 aromatic rings. The smallest absolute Gasteiger partial charge is 0.164 e. The lowest BCUT2D eigenvalue weighted by molar-refractivity contribution is 1.08. The number of aromatic nitrogens is 3. The zero-order chi connectivity index (χ0) is 35.8. The standard InChI is InChI=1S/C51H33N3/c1-3-15-34(16-4-1)40-32-37-20-8-10-25-42(37)48(33-40)38-22-13-23-39(31-38)50-52-49(36-18-5-2-6-19-36)53-51(54-50)47-30-29-46(44-26-11-12-27-45(44)47)43-28-14-21-35-17-7-9-24-41(35)43/h1-33H. The molecule has 9 aromatic carbocycles. The molecule has 0 fully saturated rings. The summed E-state index contributed by atoms with van der Waals surface area (Å²) in [6, 6.07) is 70.6. The van der Waals surface area contributed by atoms with Gasteiger partial charge >= 0.3 is 0 Å². The van der Waals surface area contributed by atoms with Crippen LogP contribution in [0.4, 0.5) is 0 Å². The average Bonchev–Trinajstić information content (AvgIpc) is 3.26. The van der Waals surface area contributed by atoms with Gasteiger partial charge in [0.05, 0.1) is 0 Å². The summed E-state index contributed by atoms with van der Waals surface area (Å²) < 4.78 is 0. The maximum atomic E-state index is 5.24. The minimum atomic E-state index is 0.631. The van der Waals surface area contributed by atoms with Crippen LogP contribution < -0.4 is 0 Å². The van der Waals surface area contributed by atoms with Crippen molar-refractivity contribution in [2.24, 2.45) is 0 Å². The fraction of sp³-hybridized carbons (Fsp3) is 0. The van der Waals surface area contributed by atoms with Gasteiger partial charge in [0.1, 0.15) is 0 Å². The molecule has 0 bridgehead atoms. The van der Waals surface area contributed by atoms with Crippen molar-refractivity contribution < 1.29 is 0 Å². The molecule has 1 heterocycles. The van der Waals surface area contributed by atoms with E-state index in [-0.39, 0.29) is 0 Å². The second kappa shape index (κ2) is 13.4. The predicted molar refractivity (Wildman–Crippen MR) is 225 cm³/mol. The summed E-state index contributed by atoms with van der Waals surface area (Å²) >= 11 is 0. The molecule has 3 heteroatoms. The Balaban J connectivity index is 1.15. The van der Waals surface area contributed by atoms with E-state index in [1.54, 1.807) is 0 Å². The van der Waals surface area contributed by atoms with Crippen molar-refractivity contribution in [3.63, 3.8) is 0 Å². The Morgan fingerprint density at radius 3 is 1.46 bits per heavy atom. The van der Waals surface area contributed by atoms with Gasteiger partial charge in [-0.3, -0.25) is 0 Å². The largest absolute Gasteiger partial charge is 0.208 e. The van der Waals surface area contributed by atoms with E-state index in [1.165, 1.54) is 49.4 Å². The van der Waals surface area contributed by atoms with Crippen LogP contribution in [0.15, 0.2) is 200 Å². The van der Waals surface area contributed by atoms with Gasteiger partial charge < -0.3 is 0 Å². The fourth-order valence-electron chi connectivity index (χ4n) is 7.70. The van der Waals surface area contributed by atoms with Gasteiger partial charge in [-0.25, -0.2) is 15.0 Å². The summed E-state index contributed by atoms with van der Waals surface area (Å²) in [5.41, 5.74) is 9.87. The van der Waals surface area contributed by atoms with Crippen LogP contribution in [0.25, 0.3) is 99.9 Å². The van der Waals surface area contributed by atoms with E-state index in [2.05, 4.69) is 182 Å². The number of fused-ring (bicyclic) bond motifs is 3. The summed E-state index contributed by atoms with van der Waals surface area (Å²) in [5.74, 6) is 1.91. The van der Waals surface area contributed by atoms with Crippen LogP contribution >= 0.6 is 0 Å². The first-order valence-electron chi connectivity index (χ1n) is 18.3. The quantitative estimate of drug-likeness (QED) is 0.175. The van der Waals surface area contributed by atoms with Gasteiger partial charge in [0, 0.05) is 16.7 Å². The van der Waals surface area contributed by atoms with Crippen molar-refractivity contribution in [1.82, 2.24) is 15.0 Å². The highest BCUT2D eigenvalue weighted by molar-refractivity contribution is 6.09. The lowest BCUT2D eigenvalue weighted by Gasteiger charge is -2.15. The second-order valence-electron chi connectivity index (χ2n) is 13.6. The van der Waals surface area contributed by atoms with Crippen molar-refractivity contribution >= 4 is 32.3 Å². The molecule has 0 radical (unpaired) electrons. The van der Waals surface area contributed by atoms with E-state index >= 15 is 0 Å². The molecule has 0 spiro atoms. The lowest BCUT2D eigenvalue weighted by atomic mass is 9.91. The molecule has 0 aliphatic heterocycles. The molecule has 0 saturated carbocycles. The molecular weight excluding hydrogens is 655 g/mol. The first-order chi connectivity index (χ1) is 26.8. The number of benzene rings is 9. The van der Waals surface area contributed by atoms with E-state index in [4.69, 9.17) is 15.0 Å². The minimum absolute atomic E-state index is 0.631. The van der Waals surface area contributed by atoms with Gasteiger partial charge in [-0.05, 0) is 90.0 Å². The Bertz CT molecular complexity index is 2980. The summed E-state index contributed by atoms with van der Waals surface area (Å²) in [6.45, 7) is 0. The summed E-state index contributed by atoms with van der Waals surface area (Å²) in [6.07, 6.45) is 0. The highest BCUT2D eigenvalue weighted by Crippen LogP contribution is 2.39. The molecule has 0 aliphatic rings. The second-order valence-corrected chi connectivity index (χ2v) is 13.6. The molecule has 1 aromatic heterocycles. The zero-order valence-corrected chi connectivity index (χ0v) is 29.4. The summed E-state index contributed by atoms with van der Waals surface area (Å²) in [7, 11) is 0. The van der Waals surface area contributed by atoms with Gasteiger partial charge in [0.2, 0.25) is 0 Å². The van der Waals surface area contributed by atoms with E-state index in [0.717, 1.165) is 33.0 Å². The monoisotopic (exact) mass is 687 g/mol. The van der Waals surface area contributed by atoms with Crippen molar-refractivity contribution in [2.75, 3.05) is 0 Å². The zero-order valence-electron chi connectivity index (χ0n) is 29.4.